The van der Waals surface area contributed by atoms with Crippen molar-refractivity contribution in [2.24, 2.45) is 0 Å². The number of non-ortho nitro benzene ring substituents is 1. The molecular weight excluding hydrogens is 262 g/mol. The van der Waals surface area contributed by atoms with Gasteiger partial charge in [-0.1, -0.05) is 0 Å². The minimum Gasteiger partial charge on any atom is -0.331 e. The fourth-order valence-electron chi connectivity index (χ4n) is 1.61. The molecule has 1 aromatic carbocycles. The molecule has 0 aliphatic heterocycles. The SMILES string of the molecule is CC(NC(=O)Nc1ccc([N+](=O)[O-])cc1)c1cn[nH]c1. The normalized spacial score (nSPS) is 11.7. The molecule has 0 saturated carbocycles. The largest absolute Gasteiger partial charge is 0.331 e. The van der Waals surface area contributed by atoms with Crippen molar-refractivity contribution < 1.29 is 9.72 Å². The van der Waals surface area contributed by atoms with Crippen LogP contribution in [0, 0.1) is 10.1 Å². The number of nitro benzene ring substituents is 1. The Labute approximate surface area is 114 Å². The zero-order chi connectivity index (χ0) is 14.5. The summed E-state index contributed by atoms with van der Waals surface area (Å²) in [6.07, 6.45) is 3.31. The molecule has 104 valence electrons. The number of nitrogens with one attached hydrogen (secondary N) is 3. The molecule has 0 saturated heterocycles. The number of nitro groups is 1. The lowest BCUT2D eigenvalue weighted by Crippen LogP contribution is -2.30. The molecular formula is C12H13N5O3. The first kappa shape index (κ1) is 13.5. The van der Waals surface area contributed by atoms with E-state index in [9.17, 15) is 14.9 Å². The molecule has 0 bridgehead atoms. The van der Waals surface area contributed by atoms with Gasteiger partial charge in [-0.25, -0.2) is 4.79 Å². The van der Waals surface area contributed by atoms with E-state index in [1.165, 1.54) is 24.3 Å². The minimum atomic E-state index is -0.495. The predicted molar refractivity (Wildman–Crippen MR) is 72.3 cm³/mol. The van der Waals surface area contributed by atoms with Gasteiger partial charge in [-0.2, -0.15) is 5.10 Å². The lowest BCUT2D eigenvalue weighted by Gasteiger charge is -2.12. The van der Waals surface area contributed by atoms with Crippen LogP contribution in [0.1, 0.15) is 18.5 Å². The van der Waals surface area contributed by atoms with Crippen molar-refractivity contribution in [1.29, 1.82) is 0 Å². The predicted octanol–water partition coefficient (Wildman–Crippen LogP) is 2.20. The van der Waals surface area contributed by atoms with Crippen molar-refractivity contribution in [2.75, 3.05) is 5.32 Å². The summed E-state index contributed by atoms with van der Waals surface area (Å²) in [5.41, 5.74) is 1.30. The number of H-pyrrole nitrogens is 1. The highest BCUT2D eigenvalue weighted by atomic mass is 16.6. The number of nitrogens with zero attached hydrogens (tertiary/aromatic N) is 2. The van der Waals surface area contributed by atoms with Gasteiger partial charge in [0.1, 0.15) is 0 Å². The van der Waals surface area contributed by atoms with Crippen molar-refractivity contribution in [1.82, 2.24) is 15.5 Å². The number of amides is 2. The molecule has 8 nitrogen and oxygen atoms in total. The maximum atomic E-state index is 11.8. The van der Waals surface area contributed by atoms with Crippen LogP contribution in [0.5, 0.6) is 0 Å². The molecule has 0 aliphatic carbocycles. The number of carbonyl (C=O) groups is 1. The molecule has 0 fully saturated rings. The van der Waals surface area contributed by atoms with Gasteiger partial charge in [0.25, 0.3) is 5.69 Å². The molecule has 1 aromatic heterocycles. The van der Waals surface area contributed by atoms with E-state index >= 15 is 0 Å². The molecule has 2 rings (SSSR count). The highest BCUT2D eigenvalue weighted by Crippen LogP contribution is 2.15. The molecule has 0 aliphatic rings. The number of carbonyl (C=O) groups excluding carboxylic acids is 1. The summed E-state index contributed by atoms with van der Waals surface area (Å²) in [6.45, 7) is 1.82. The van der Waals surface area contributed by atoms with Crippen LogP contribution in [0.2, 0.25) is 0 Å². The summed E-state index contributed by atoms with van der Waals surface area (Å²) in [5.74, 6) is 0. The first-order valence-corrected chi connectivity index (χ1v) is 5.87. The van der Waals surface area contributed by atoms with Crippen LogP contribution >= 0.6 is 0 Å². The fourth-order valence-corrected chi connectivity index (χ4v) is 1.61. The monoisotopic (exact) mass is 275 g/mol. The Morgan fingerprint density at radius 1 is 1.40 bits per heavy atom. The topological polar surface area (TPSA) is 113 Å². The molecule has 2 aromatic rings. The summed E-state index contributed by atoms with van der Waals surface area (Å²) in [6, 6.07) is 5.00. The number of benzene rings is 1. The molecule has 2 amide bonds. The Morgan fingerprint density at radius 2 is 2.10 bits per heavy atom. The summed E-state index contributed by atoms with van der Waals surface area (Å²) >= 11 is 0. The van der Waals surface area contributed by atoms with E-state index in [1.807, 2.05) is 6.92 Å². The molecule has 1 unspecified atom stereocenters. The van der Waals surface area contributed by atoms with E-state index in [0.717, 1.165) is 5.56 Å². The minimum absolute atomic E-state index is 0.0253. The van der Waals surface area contributed by atoms with E-state index in [1.54, 1.807) is 12.4 Å². The van der Waals surface area contributed by atoms with Gasteiger partial charge in [0.2, 0.25) is 0 Å². The second kappa shape index (κ2) is 5.83. The van der Waals surface area contributed by atoms with E-state index in [-0.39, 0.29) is 11.7 Å². The zero-order valence-corrected chi connectivity index (χ0v) is 10.7. The number of aromatic amines is 1. The van der Waals surface area contributed by atoms with Crippen LogP contribution < -0.4 is 10.6 Å². The van der Waals surface area contributed by atoms with Gasteiger partial charge in [-0.3, -0.25) is 15.2 Å². The van der Waals surface area contributed by atoms with Crippen LogP contribution in [0.15, 0.2) is 36.7 Å². The second-order valence-electron chi connectivity index (χ2n) is 4.16. The quantitative estimate of drug-likeness (QED) is 0.586. The van der Waals surface area contributed by atoms with Crippen LogP contribution in [-0.4, -0.2) is 21.2 Å². The van der Waals surface area contributed by atoms with Gasteiger partial charge in [0.05, 0.1) is 17.2 Å². The number of urea groups is 1. The standard InChI is InChI=1S/C12H13N5O3/c1-8(9-6-13-14-7-9)15-12(18)16-10-2-4-11(5-3-10)17(19)20/h2-8H,1H3,(H,13,14)(H2,15,16,18). The van der Waals surface area contributed by atoms with Crippen LogP contribution in [0.4, 0.5) is 16.2 Å². The average Bonchev–Trinajstić information content (AvgIpc) is 2.93. The summed E-state index contributed by atoms with van der Waals surface area (Å²) in [5, 5.41) is 22.3. The van der Waals surface area contributed by atoms with Crippen LogP contribution in [0.25, 0.3) is 0 Å². The molecule has 1 heterocycles. The van der Waals surface area contributed by atoms with E-state index in [4.69, 9.17) is 0 Å². The Morgan fingerprint density at radius 3 is 2.65 bits per heavy atom. The Bertz CT molecular complexity index is 594. The van der Waals surface area contributed by atoms with Crippen LogP contribution in [-0.2, 0) is 0 Å². The van der Waals surface area contributed by atoms with Crippen molar-refractivity contribution in [3.63, 3.8) is 0 Å². The van der Waals surface area contributed by atoms with Gasteiger partial charge in [0.15, 0.2) is 0 Å². The highest BCUT2D eigenvalue weighted by molar-refractivity contribution is 5.89. The maximum absolute atomic E-state index is 11.8. The summed E-state index contributed by atoms with van der Waals surface area (Å²) in [4.78, 5) is 21.8. The van der Waals surface area contributed by atoms with Crippen molar-refractivity contribution in [3.8, 4) is 0 Å². The number of aromatic nitrogens is 2. The first-order chi connectivity index (χ1) is 9.56. The zero-order valence-electron chi connectivity index (χ0n) is 10.7. The summed E-state index contributed by atoms with van der Waals surface area (Å²) < 4.78 is 0. The second-order valence-corrected chi connectivity index (χ2v) is 4.16. The Balaban J connectivity index is 1.92. The lowest BCUT2D eigenvalue weighted by atomic mass is 10.2. The van der Waals surface area contributed by atoms with Gasteiger partial charge in [-0.05, 0) is 19.1 Å². The van der Waals surface area contributed by atoms with Crippen LogP contribution in [0.3, 0.4) is 0 Å². The van der Waals surface area contributed by atoms with Gasteiger partial charge >= 0.3 is 6.03 Å². The fraction of sp³-hybridized carbons (Fsp3) is 0.167. The Kier molecular flexibility index (Phi) is 3.94. The molecule has 3 N–H and O–H groups in total. The molecule has 0 radical (unpaired) electrons. The van der Waals surface area contributed by atoms with E-state index in [2.05, 4.69) is 20.8 Å². The van der Waals surface area contributed by atoms with Gasteiger partial charge in [-0.15, -0.1) is 0 Å². The van der Waals surface area contributed by atoms with Gasteiger partial charge in [0, 0.05) is 29.6 Å². The smallest absolute Gasteiger partial charge is 0.319 e. The number of rotatable bonds is 4. The third kappa shape index (κ3) is 3.31. The number of hydrogen-bond acceptors (Lipinski definition) is 4. The van der Waals surface area contributed by atoms with Crippen molar-refractivity contribution in [3.05, 3.63) is 52.3 Å². The lowest BCUT2D eigenvalue weighted by molar-refractivity contribution is -0.384. The average molecular weight is 275 g/mol. The van der Waals surface area contributed by atoms with E-state index < -0.39 is 11.0 Å². The van der Waals surface area contributed by atoms with Crippen molar-refractivity contribution in [2.45, 2.75) is 13.0 Å². The maximum Gasteiger partial charge on any atom is 0.319 e. The summed E-state index contributed by atoms with van der Waals surface area (Å²) in [7, 11) is 0. The Hall–Kier alpha value is -2.90. The first-order valence-electron chi connectivity index (χ1n) is 5.87. The number of anilines is 1. The third-order valence-electron chi connectivity index (χ3n) is 2.70. The molecule has 1 atom stereocenters. The molecule has 8 heteroatoms. The van der Waals surface area contributed by atoms with Crippen molar-refractivity contribution >= 4 is 17.4 Å². The van der Waals surface area contributed by atoms with Gasteiger partial charge < -0.3 is 10.6 Å². The number of hydrogen-bond donors (Lipinski definition) is 3. The third-order valence-corrected chi connectivity index (χ3v) is 2.70. The molecule has 20 heavy (non-hydrogen) atoms. The van der Waals surface area contributed by atoms with E-state index in [0.29, 0.717) is 5.69 Å². The highest BCUT2D eigenvalue weighted by Gasteiger charge is 2.11. The molecule has 0 spiro atoms.